The molecule has 0 N–H and O–H groups in total. The zero-order chi connectivity index (χ0) is 11.6. The Kier molecular flexibility index (Phi) is 3.86. The third kappa shape index (κ3) is 2.54. The van der Waals surface area contributed by atoms with Crippen LogP contribution in [0.3, 0.4) is 0 Å². The van der Waals surface area contributed by atoms with Crippen LogP contribution in [0, 0.1) is 5.41 Å². The van der Waals surface area contributed by atoms with Gasteiger partial charge in [0.1, 0.15) is 0 Å². The van der Waals surface area contributed by atoms with Gasteiger partial charge < -0.3 is 0 Å². The monoisotopic (exact) mass is 222 g/mol. The highest BCUT2D eigenvalue weighted by atomic mass is 19.4. The van der Waals surface area contributed by atoms with Gasteiger partial charge in [-0.05, 0) is 13.3 Å². The lowest BCUT2D eigenvalue weighted by atomic mass is 9.83. The summed E-state index contributed by atoms with van der Waals surface area (Å²) in [6.07, 6.45) is -11.2. The van der Waals surface area contributed by atoms with Crippen molar-refractivity contribution in [3.8, 4) is 0 Å². The minimum Gasteiger partial charge on any atom is -0.170 e. The molecule has 0 aliphatic heterocycles. The summed E-state index contributed by atoms with van der Waals surface area (Å²) in [5, 5.41) is 0. The topological polar surface area (TPSA) is 0 Å². The fourth-order valence-electron chi connectivity index (χ4n) is 0.975. The van der Waals surface area contributed by atoms with Gasteiger partial charge in [0.15, 0.2) is 5.41 Å². The summed E-state index contributed by atoms with van der Waals surface area (Å²) in [5.74, 6) is 0. The predicted octanol–water partition coefficient (Wildman–Crippen LogP) is 4.31. The van der Waals surface area contributed by atoms with E-state index >= 15 is 0 Å². The normalized spacial score (nSPS) is 14.6. The SMILES string of the molecule is CCCCC(C)(C(F)(F)F)C(F)(F)F. The summed E-state index contributed by atoms with van der Waals surface area (Å²) in [7, 11) is 0. The fourth-order valence-corrected chi connectivity index (χ4v) is 0.975. The number of halogens is 6. The predicted molar refractivity (Wildman–Crippen MR) is 39.7 cm³/mol. The van der Waals surface area contributed by atoms with E-state index in [-0.39, 0.29) is 13.3 Å². The zero-order valence-electron chi connectivity index (χ0n) is 7.89. The summed E-state index contributed by atoms with van der Waals surface area (Å²) in [5.41, 5.74) is -3.57. The van der Waals surface area contributed by atoms with Gasteiger partial charge in [0.2, 0.25) is 0 Å². The second kappa shape index (κ2) is 3.98. The maximum atomic E-state index is 12.2. The van der Waals surface area contributed by atoms with Crippen molar-refractivity contribution in [1.29, 1.82) is 0 Å². The first-order valence-electron chi connectivity index (χ1n) is 4.19. The van der Waals surface area contributed by atoms with Crippen molar-refractivity contribution in [2.75, 3.05) is 0 Å². The lowest BCUT2D eigenvalue weighted by molar-refractivity contribution is -0.336. The molecule has 14 heavy (non-hydrogen) atoms. The first-order valence-corrected chi connectivity index (χ1v) is 4.19. The van der Waals surface area contributed by atoms with Crippen LogP contribution in [0.4, 0.5) is 26.3 Å². The summed E-state index contributed by atoms with van der Waals surface area (Å²) < 4.78 is 73.2. The number of rotatable bonds is 3. The standard InChI is InChI=1S/C8H12F6/c1-3-4-5-6(2,7(9,10)11)8(12,13)14/h3-5H2,1-2H3. The molecular weight excluding hydrogens is 210 g/mol. The quantitative estimate of drug-likeness (QED) is 0.624. The first kappa shape index (κ1) is 13.6. The molecule has 0 aromatic carbocycles. The van der Waals surface area contributed by atoms with Gasteiger partial charge in [0.05, 0.1) is 0 Å². The van der Waals surface area contributed by atoms with Gasteiger partial charge in [0.25, 0.3) is 0 Å². The molecule has 0 aliphatic carbocycles. The van der Waals surface area contributed by atoms with E-state index in [1.165, 1.54) is 0 Å². The van der Waals surface area contributed by atoms with Crippen LogP contribution in [0.2, 0.25) is 0 Å². The Morgan fingerprint density at radius 1 is 0.857 bits per heavy atom. The maximum Gasteiger partial charge on any atom is 0.402 e. The highest BCUT2D eigenvalue weighted by Crippen LogP contribution is 2.52. The minimum absolute atomic E-state index is 0.0878. The van der Waals surface area contributed by atoms with E-state index in [0.717, 1.165) is 0 Å². The van der Waals surface area contributed by atoms with Crippen LogP contribution in [0.1, 0.15) is 33.1 Å². The summed E-state index contributed by atoms with van der Waals surface area (Å²) in [6.45, 7) is 1.76. The van der Waals surface area contributed by atoms with Gasteiger partial charge in [-0.1, -0.05) is 19.8 Å². The molecule has 0 aliphatic rings. The number of hydrogen-bond acceptors (Lipinski definition) is 0. The van der Waals surface area contributed by atoms with Crippen molar-refractivity contribution in [2.45, 2.75) is 45.5 Å². The number of alkyl halides is 6. The third-order valence-electron chi connectivity index (χ3n) is 2.28. The molecule has 0 unspecified atom stereocenters. The molecule has 0 rings (SSSR count). The Labute approximate surface area is 78.3 Å². The van der Waals surface area contributed by atoms with E-state index in [1.54, 1.807) is 6.92 Å². The molecule has 0 saturated carbocycles. The van der Waals surface area contributed by atoms with E-state index in [1.807, 2.05) is 0 Å². The van der Waals surface area contributed by atoms with Gasteiger partial charge in [-0.2, -0.15) is 26.3 Å². The zero-order valence-corrected chi connectivity index (χ0v) is 7.89. The van der Waals surface area contributed by atoms with Gasteiger partial charge >= 0.3 is 12.4 Å². The molecule has 0 spiro atoms. The van der Waals surface area contributed by atoms with Crippen LogP contribution >= 0.6 is 0 Å². The van der Waals surface area contributed by atoms with Crippen LogP contribution in [0.25, 0.3) is 0 Å². The molecule has 6 heteroatoms. The van der Waals surface area contributed by atoms with Crippen LogP contribution in [-0.2, 0) is 0 Å². The van der Waals surface area contributed by atoms with Gasteiger partial charge in [0, 0.05) is 0 Å². The molecular formula is C8H12F6. The van der Waals surface area contributed by atoms with E-state index in [9.17, 15) is 26.3 Å². The smallest absolute Gasteiger partial charge is 0.170 e. The fraction of sp³-hybridized carbons (Fsp3) is 1.00. The Morgan fingerprint density at radius 3 is 1.43 bits per heavy atom. The van der Waals surface area contributed by atoms with Crippen molar-refractivity contribution >= 4 is 0 Å². The van der Waals surface area contributed by atoms with E-state index in [0.29, 0.717) is 6.42 Å². The van der Waals surface area contributed by atoms with Crippen molar-refractivity contribution in [3.05, 3.63) is 0 Å². The molecule has 0 aromatic rings. The van der Waals surface area contributed by atoms with Crippen molar-refractivity contribution < 1.29 is 26.3 Å². The minimum atomic E-state index is -5.24. The van der Waals surface area contributed by atoms with Crippen molar-refractivity contribution in [3.63, 3.8) is 0 Å². The summed E-state index contributed by atoms with van der Waals surface area (Å²) >= 11 is 0. The molecule has 0 aromatic heterocycles. The molecule has 0 radical (unpaired) electrons. The number of unbranched alkanes of at least 4 members (excludes halogenated alkanes) is 1. The Hall–Kier alpha value is -0.420. The van der Waals surface area contributed by atoms with Gasteiger partial charge in [-0.3, -0.25) is 0 Å². The number of hydrogen-bond donors (Lipinski definition) is 0. The molecule has 0 amide bonds. The average Bonchev–Trinajstić information content (AvgIpc) is 1.95. The lowest BCUT2D eigenvalue weighted by Gasteiger charge is -2.33. The Balaban J connectivity index is 4.87. The van der Waals surface area contributed by atoms with Gasteiger partial charge in [-0.15, -0.1) is 0 Å². The first-order chi connectivity index (χ1) is 6.06. The van der Waals surface area contributed by atoms with Crippen LogP contribution in [0.5, 0.6) is 0 Å². The van der Waals surface area contributed by atoms with Crippen molar-refractivity contribution in [2.24, 2.45) is 5.41 Å². The molecule has 0 saturated heterocycles. The molecule has 0 nitrogen and oxygen atoms in total. The average molecular weight is 222 g/mol. The van der Waals surface area contributed by atoms with Crippen molar-refractivity contribution in [1.82, 2.24) is 0 Å². The van der Waals surface area contributed by atoms with Gasteiger partial charge in [-0.25, -0.2) is 0 Å². The highest BCUT2D eigenvalue weighted by Gasteiger charge is 2.66. The van der Waals surface area contributed by atoms with Crippen LogP contribution in [0.15, 0.2) is 0 Å². The second-order valence-electron chi connectivity index (χ2n) is 3.43. The molecule has 86 valence electrons. The molecule has 0 atom stereocenters. The van der Waals surface area contributed by atoms with E-state index < -0.39 is 24.2 Å². The van der Waals surface area contributed by atoms with E-state index in [2.05, 4.69) is 0 Å². The molecule has 0 fully saturated rings. The third-order valence-corrected chi connectivity index (χ3v) is 2.28. The highest BCUT2D eigenvalue weighted by molar-refractivity contribution is 4.88. The van der Waals surface area contributed by atoms with E-state index in [4.69, 9.17) is 0 Å². The molecule has 0 heterocycles. The maximum absolute atomic E-state index is 12.2. The summed E-state index contributed by atoms with van der Waals surface area (Å²) in [4.78, 5) is 0. The Bertz CT molecular complexity index is 163. The summed E-state index contributed by atoms with van der Waals surface area (Å²) in [6, 6.07) is 0. The largest absolute Gasteiger partial charge is 0.402 e. The Morgan fingerprint density at radius 2 is 1.21 bits per heavy atom. The van der Waals surface area contributed by atoms with Crippen LogP contribution < -0.4 is 0 Å². The second-order valence-corrected chi connectivity index (χ2v) is 3.43. The van der Waals surface area contributed by atoms with Crippen LogP contribution in [-0.4, -0.2) is 12.4 Å². The lowest BCUT2D eigenvalue weighted by Crippen LogP contribution is -2.47. The molecule has 0 bridgehead atoms.